The van der Waals surface area contributed by atoms with E-state index in [1.165, 1.54) is 6.08 Å². The molecule has 84 valence electrons. The van der Waals surface area contributed by atoms with Crippen LogP contribution in [0.25, 0.3) is 6.08 Å². The molecule has 0 radical (unpaired) electrons. The number of carbonyl (C=O) groups is 1. The molecular formula is C11H11NO4. The zero-order chi connectivity index (χ0) is 12.0. The Labute approximate surface area is 92.2 Å². The van der Waals surface area contributed by atoms with E-state index in [9.17, 15) is 14.9 Å². The average Bonchev–Trinajstić information content (AvgIpc) is 2.25. The highest BCUT2D eigenvalue weighted by atomic mass is 16.6. The van der Waals surface area contributed by atoms with Crippen molar-refractivity contribution in [3.05, 3.63) is 51.6 Å². The molecule has 0 atom stereocenters. The van der Waals surface area contributed by atoms with Gasteiger partial charge in [0.05, 0.1) is 0 Å². The lowest BCUT2D eigenvalue weighted by atomic mass is 10.1. The molecule has 1 N–H and O–H groups in total. The summed E-state index contributed by atoms with van der Waals surface area (Å²) in [5.74, 6) is -1.12. The van der Waals surface area contributed by atoms with Crippen molar-refractivity contribution in [3.8, 4) is 0 Å². The Morgan fingerprint density at radius 2 is 2.00 bits per heavy atom. The zero-order valence-corrected chi connectivity index (χ0v) is 8.50. The highest BCUT2D eigenvalue weighted by molar-refractivity contribution is 5.92. The van der Waals surface area contributed by atoms with Crippen LogP contribution in [0.1, 0.15) is 12.0 Å². The van der Waals surface area contributed by atoms with Crippen molar-refractivity contribution in [2.45, 2.75) is 6.42 Å². The van der Waals surface area contributed by atoms with E-state index >= 15 is 0 Å². The molecule has 0 saturated carbocycles. The van der Waals surface area contributed by atoms with Gasteiger partial charge in [0, 0.05) is 16.9 Å². The van der Waals surface area contributed by atoms with Gasteiger partial charge in [0.25, 0.3) is 0 Å². The molecule has 1 rings (SSSR count). The Hall–Kier alpha value is -2.17. The SMILES string of the molecule is O=C(O)/C(=C\c1ccccc1)CC[N+](=O)[O-]. The lowest BCUT2D eigenvalue weighted by Crippen LogP contribution is -2.07. The summed E-state index contributed by atoms with van der Waals surface area (Å²) in [6.45, 7) is -0.370. The van der Waals surface area contributed by atoms with Crippen LogP contribution in [-0.2, 0) is 4.79 Å². The third-order valence-electron chi connectivity index (χ3n) is 1.98. The second kappa shape index (κ2) is 5.65. The van der Waals surface area contributed by atoms with Crippen molar-refractivity contribution in [3.63, 3.8) is 0 Å². The van der Waals surface area contributed by atoms with Crippen LogP contribution >= 0.6 is 0 Å². The molecule has 0 amide bonds. The van der Waals surface area contributed by atoms with Crippen molar-refractivity contribution in [1.82, 2.24) is 0 Å². The number of rotatable bonds is 5. The standard InChI is InChI=1S/C11H11NO4/c13-11(14)10(6-7-12(15)16)8-9-4-2-1-3-5-9/h1-5,8H,6-7H2,(H,13,14)/b10-8-. The number of hydrogen-bond donors (Lipinski definition) is 1. The summed E-state index contributed by atoms with van der Waals surface area (Å²) >= 11 is 0. The van der Waals surface area contributed by atoms with Gasteiger partial charge in [-0.15, -0.1) is 0 Å². The van der Waals surface area contributed by atoms with Gasteiger partial charge in [-0.2, -0.15) is 0 Å². The number of benzene rings is 1. The summed E-state index contributed by atoms with van der Waals surface area (Å²) < 4.78 is 0. The van der Waals surface area contributed by atoms with E-state index in [2.05, 4.69) is 0 Å². The maximum absolute atomic E-state index is 10.8. The summed E-state index contributed by atoms with van der Waals surface area (Å²) in [6, 6.07) is 8.86. The highest BCUT2D eigenvalue weighted by Gasteiger charge is 2.10. The Kier molecular flexibility index (Phi) is 4.20. The molecule has 0 heterocycles. The van der Waals surface area contributed by atoms with Gasteiger partial charge < -0.3 is 5.11 Å². The minimum Gasteiger partial charge on any atom is -0.478 e. The van der Waals surface area contributed by atoms with Crippen LogP contribution in [0.5, 0.6) is 0 Å². The van der Waals surface area contributed by atoms with Gasteiger partial charge >= 0.3 is 5.97 Å². The summed E-state index contributed by atoms with van der Waals surface area (Å²) in [7, 11) is 0. The van der Waals surface area contributed by atoms with E-state index in [1.54, 1.807) is 24.3 Å². The van der Waals surface area contributed by atoms with Crippen molar-refractivity contribution in [2.24, 2.45) is 0 Å². The summed E-state index contributed by atoms with van der Waals surface area (Å²) in [4.78, 5) is 20.5. The van der Waals surface area contributed by atoms with Gasteiger partial charge in [0.1, 0.15) is 0 Å². The maximum Gasteiger partial charge on any atom is 0.331 e. The second-order valence-corrected chi connectivity index (χ2v) is 3.19. The fraction of sp³-hybridized carbons (Fsp3) is 0.182. The molecule has 0 bridgehead atoms. The fourth-order valence-electron chi connectivity index (χ4n) is 1.20. The highest BCUT2D eigenvalue weighted by Crippen LogP contribution is 2.10. The smallest absolute Gasteiger partial charge is 0.331 e. The second-order valence-electron chi connectivity index (χ2n) is 3.19. The summed E-state index contributed by atoms with van der Waals surface area (Å²) in [6.07, 6.45) is 1.38. The lowest BCUT2D eigenvalue weighted by molar-refractivity contribution is -0.479. The van der Waals surface area contributed by atoms with Gasteiger partial charge in [0.2, 0.25) is 6.54 Å². The number of nitro groups is 1. The lowest BCUT2D eigenvalue weighted by Gasteiger charge is -1.99. The first-order valence-corrected chi connectivity index (χ1v) is 4.70. The first-order valence-electron chi connectivity index (χ1n) is 4.70. The van der Waals surface area contributed by atoms with E-state index < -0.39 is 10.9 Å². The minimum absolute atomic E-state index is 0.0444. The van der Waals surface area contributed by atoms with E-state index in [4.69, 9.17) is 5.11 Å². The van der Waals surface area contributed by atoms with E-state index in [0.29, 0.717) is 0 Å². The molecule has 5 heteroatoms. The van der Waals surface area contributed by atoms with Crippen molar-refractivity contribution < 1.29 is 14.8 Å². The molecule has 1 aromatic carbocycles. The molecule has 0 aliphatic carbocycles. The quantitative estimate of drug-likeness (QED) is 0.467. The summed E-state index contributed by atoms with van der Waals surface area (Å²) in [5.41, 5.74) is 0.770. The van der Waals surface area contributed by atoms with Crippen molar-refractivity contribution >= 4 is 12.0 Å². The molecule has 16 heavy (non-hydrogen) atoms. The molecule has 0 unspecified atom stereocenters. The topological polar surface area (TPSA) is 80.4 Å². The molecule has 0 aliphatic heterocycles. The van der Waals surface area contributed by atoms with Crippen molar-refractivity contribution in [1.29, 1.82) is 0 Å². The van der Waals surface area contributed by atoms with Gasteiger partial charge in [-0.25, -0.2) is 4.79 Å². The van der Waals surface area contributed by atoms with Gasteiger partial charge in [0.15, 0.2) is 0 Å². The van der Waals surface area contributed by atoms with Crippen LogP contribution in [0.2, 0.25) is 0 Å². The first kappa shape index (κ1) is 11.9. The predicted octanol–water partition coefficient (Wildman–Crippen LogP) is 1.82. The Morgan fingerprint density at radius 1 is 1.38 bits per heavy atom. The van der Waals surface area contributed by atoms with Crippen LogP contribution in [0.4, 0.5) is 0 Å². The maximum atomic E-state index is 10.8. The Bertz CT molecular complexity index is 411. The number of hydrogen-bond acceptors (Lipinski definition) is 3. The first-order chi connectivity index (χ1) is 7.59. The average molecular weight is 221 g/mol. The third-order valence-corrected chi connectivity index (χ3v) is 1.98. The van der Waals surface area contributed by atoms with Gasteiger partial charge in [-0.05, 0) is 11.6 Å². The molecule has 0 aromatic heterocycles. The summed E-state index contributed by atoms with van der Waals surface area (Å²) in [5, 5.41) is 19.0. The van der Waals surface area contributed by atoms with Crippen LogP contribution in [0.15, 0.2) is 35.9 Å². The minimum atomic E-state index is -1.12. The van der Waals surface area contributed by atoms with E-state index in [-0.39, 0.29) is 18.5 Å². The van der Waals surface area contributed by atoms with E-state index in [1.807, 2.05) is 6.07 Å². The molecule has 0 saturated heterocycles. The number of carboxylic acids is 1. The number of nitrogens with zero attached hydrogens (tertiary/aromatic N) is 1. The van der Waals surface area contributed by atoms with Crippen LogP contribution in [0, 0.1) is 10.1 Å². The Morgan fingerprint density at radius 3 is 2.50 bits per heavy atom. The number of carboxylic acid groups (broad SMARTS) is 1. The molecule has 5 nitrogen and oxygen atoms in total. The molecule has 0 fully saturated rings. The largest absolute Gasteiger partial charge is 0.478 e. The third kappa shape index (κ3) is 3.91. The molecule has 0 aliphatic rings. The fourth-order valence-corrected chi connectivity index (χ4v) is 1.20. The Balaban J connectivity index is 2.81. The zero-order valence-electron chi connectivity index (χ0n) is 8.50. The molecular weight excluding hydrogens is 210 g/mol. The van der Waals surface area contributed by atoms with Crippen molar-refractivity contribution in [2.75, 3.05) is 6.54 Å². The number of aliphatic carboxylic acids is 1. The predicted molar refractivity (Wildman–Crippen MR) is 58.5 cm³/mol. The van der Waals surface area contributed by atoms with Gasteiger partial charge in [-0.3, -0.25) is 10.1 Å². The monoisotopic (exact) mass is 221 g/mol. The molecule has 1 aromatic rings. The normalized spacial score (nSPS) is 11.1. The van der Waals surface area contributed by atoms with Gasteiger partial charge in [-0.1, -0.05) is 30.3 Å². The van der Waals surface area contributed by atoms with Crippen LogP contribution in [0.3, 0.4) is 0 Å². The van der Waals surface area contributed by atoms with Crippen LogP contribution in [-0.4, -0.2) is 22.5 Å². The molecule has 0 spiro atoms. The van der Waals surface area contributed by atoms with E-state index in [0.717, 1.165) is 5.56 Å². The van der Waals surface area contributed by atoms with Crippen LogP contribution < -0.4 is 0 Å².